The van der Waals surface area contributed by atoms with E-state index in [0.29, 0.717) is 12.0 Å². The maximum Gasteiger partial charge on any atom is 0.311 e. The number of carbonyl (C=O) groups is 1. The third kappa shape index (κ3) is 3.94. The van der Waals surface area contributed by atoms with Crippen LogP contribution in [0.5, 0.6) is 5.75 Å². The van der Waals surface area contributed by atoms with E-state index < -0.39 is 23.3 Å². The van der Waals surface area contributed by atoms with Crippen LogP contribution in [0.25, 0.3) is 0 Å². The summed E-state index contributed by atoms with van der Waals surface area (Å²) < 4.78 is 23.5. The summed E-state index contributed by atoms with van der Waals surface area (Å²) in [6.07, 6.45) is 2.14. The molecule has 0 spiro atoms. The maximum atomic E-state index is 13.8. The van der Waals surface area contributed by atoms with Crippen molar-refractivity contribution in [3.63, 3.8) is 0 Å². The molecule has 0 aliphatic rings. The highest BCUT2D eigenvalue weighted by Crippen LogP contribution is 2.35. The quantitative estimate of drug-likeness (QED) is 0.786. The molecular formula is C16H23FO4. The van der Waals surface area contributed by atoms with E-state index >= 15 is 0 Å². The Bertz CT molecular complexity index is 485. The van der Waals surface area contributed by atoms with Crippen LogP contribution in [0.2, 0.25) is 0 Å². The van der Waals surface area contributed by atoms with E-state index in [9.17, 15) is 14.3 Å². The van der Waals surface area contributed by atoms with Gasteiger partial charge in [-0.3, -0.25) is 4.79 Å². The van der Waals surface area contributed by atoms with Crippen molar-refractivity contribution >= 4 is 5.97 Å². The summed E-state index contributed by atoms with van der Waals surface area (Å²) in [5.74, 6) is -1.72. The summed E-state index contributed by atoms with van der Waals surface area (Å²) in [5.41, 5.74) is -1.18. The first-order valence-corrected chi connectivity index (χ1v) is 7.02. The van der Waals surface area contributed by atoms with Gasteiger partial charge in [-0.05, 0) is 31.0 Å². The second-order valence-electron chi connectivity index (χ2n) is 5.21. The van der Waals surface area contributed by atoms with Crippen LogP contribution in [-0.4, -0.2) is 25.3 Å². The fourth-order valence-corrected chi connectivity index (χ4v) is 2.36. The fourth-order valence-electron chi connectivity index (χ4n) is 2.36. The molecular weight excluding hydrogens is 275 g/mol. The molecule has 0 aliphatic carbocycles. The number of ether oxygens (including phenoxy) is 2. The Morgan fingerprint density at radius 3 is 2.57 bits per heavy atom. The molecule has 0 aliphatic heterocycles. The summed E-state index contributed by atoms with van der Waals surface area (Å²) in [6.45, 7) is 3.50. The van der Waals surface area contributed by atoms with E-state index in [1.807, 2.05) is 6.92 Å². The largest absolute Gasteiger partial charge is 0.494 e. The molecule has 2 atom stereocenters. The number of unbranched alkanes of at least 4 members (excludes halogenated alkanes) is 1. The number of rotatable bonds is 7. The number of hydrogen-bond acceptors (Lipinski definition) is 4. The maximum absolute atomic E-state index is 13.8. The number of carbonyl (C=O) groups excluding carboxylic acids is 1. The van der Waals surface area contributed by atoms with Crippen molar-refractivity contribution in [2.24, 2.45) is 5.92 Å². The van der Waals surface area contributed by atoms with Gasteiger partial charge in [-0.2, -0.15) is 0 Å². The molecule has 21 heavy (non-hydrogen) atoms. The third-order valence-corrected chi connectivity index (χ3v) is 3.75. The molecule has 0 amide bonds. The highest BCUT2D eigenvalue weighted by atomic mass is 19.1. The molecule has 1 aromatic rings. The first kappa shape index (κ1) is 17.4. The van der Waals surface area contributed by atoms with Crippen LogP contribution in [0.15, 0.2) is 18.2 Å². The van der Waals surface area contributed by atoms with Gasteiger partial charge in [0.05, 0.1) is 20.1 Å². The van der Waals surface area contributed by atoms with Crippen LogP contribution in [0.1, 0.15) is 38.7 Å². The molecule has 0 saturated carbocycles. The van der Waals surface area contributed by atoms with Gasteiger partial charge in [0, 0.05) is 0 Å². The van der Waals surface area contributed by atoms with Gasteiger partial charge in [-0.1, -0.05) is 25.8 Å². The monoisotopic (exact) mass is 298 g/mol. The number of hydrogen-bond donors (Lipinski definition) is 1. The first-order valence-electron chi connectivity index (χ1n) is 7.02. The van der Waals surface area contributed by atoms with Crippen molar-refractivity contribution in [3.8, 4) is 5.75 Å². The zero-order valence-electron chi connectivity index (χ0n) is 13.0. The lowest BCUT2D eigenvalue weighted by molar-refractivity contribution is -0.156. The van der Waals surface area contributed by atoms with Crippen LogP contribution in [0.3, 0.4) is 0 Å². The number of aliphatic hydroxyl groups is 1. The van der Waals surface area contributed by atoms with Crippen LogP contribution < -0.4 is 4.74 Å². The molecule has 0 radical (unpaired) electrons. The summed E-state index contributed by atoms with van der Waals surface area (Å²) in [6, 6.07) is 4.19. The zero-order chi connectivity index (χ0) is 16.0. The highest BCUT2D eigenvalue weighted by Gasteiger charge is 2.39. The average molecular weight is 298 g/mol. The number of esters is 1. The van der Waals surface area contributed by atoms with Crippen molar-refractivity contribution in [2.75, 3.05) is 14.2 Å². The molecule has 1 N–H and O–H groups in total. The van der Waals surface area contributed by atoms with Crippen molar-refractivity contribution in [3.05, 3.63) is 29.6 Å². The number of benzene rings is 1. The van der Waals surface area contributed by atoms with E-state index in [4.69, 9.17) is 9.47 Å². The number of methoxy groups -OCH3 is 2. The summed E-state index contributed by atoms with van der Waals surface area (Å²) >= 11 is 0. The van der Waals surface area contributed by atoms with E-state index in [1.165, 1.54) is 33.3 Å². The van der Waals surface area contributed by atoms with Crippen molar-refractivity contribution in [2.45, 2.75) is 38.7 Å². The van der Waals surface area contributed by atoms with Crippen LogP contribution in [0.4, 0.5) is 4.39 Å². The molecule has 1 rings (SSSR count). The number of halogens is 1. The fraction of sp³-hybridized carbons (Fsp3) is 0.562. The second-order valence-corrected chi connectivity index (χ2v) is 5.21. The van der Waals surface area contributed by atoms with E-state index in [0.717, 1.165) is 12.8 Å². The van der Waals surface area contributed by atoms with Gasteiger partial charge in [0.1, 0.15) is 5.60 Å². The summed E-state index contributed by atoms with van der Waals surface area (Å²) in [5, 5.41) is 10.8. The van der Waals surface area contributed by atoms with Gasteiger partial charge < -0.3 is 14.6 Å². The SMILES string of the molecule is CCCCC(C(=O)OC)C(C)(O)c1ccc(OC)c(F)c1. The second kappa shape index (κ2) is 7.41. The Labute approximate surface area is 124 Å². The first-order chi connectivity index (χ1) is 9.88. The molecule has 0 aromatic heterocycles. The van der Waals surface area contributed by atoms with E-state index in [2.05, 4.69) is 0 Å². The molecule has 1 aromatic carbocycles. The Balaban J connectivity index is 3.14. The van der Waals surface area contributed by atoms with Gasteiger partial charge in [-0.15, -0.1) is 0 Å². The Kier molecular flexibility index (Phi) is 6.15. The van der Waals surface area contributed by atoms with Crippen LogP contribution in [0, 0.1) is 11.7 Å². The Morgan fingerprint density at radius 1 is 1.43 bits per heavy atom. The van der Waals surface area contributed by atoms with Crippen LogP contribution >= 0.6 is 0 Å². The lowest BCUT2D eigenvalue weighted by Crippen LogP contribution is -2.38. The van der Waals surface area contributed by atoms with Gasteiger partial charge >= 0.3 is 5.97 Å². The van der Waals surface area contributed by atoms with Gasteiger partial charge in [-0.25, -0.2) is 4.39 Å². The van der Waals surface area contributed by atoms with Crippen LogP contribution in [-0.2, 0) is 15.1 Å². The lowest BCUT2D eigenvalue weighted by atomic mass is 9.80. The van der Waals surface area contributed by atoms with Crippen molar-refractivity contribution < 1.29 is 23.8 Å². The predicted molar refractivity (Wildman–Crippen MR) is 77.6 cm³/mol. The molecule has 0 fully saturated rings. The minimum Gasteiger partial charge on any atom is -0.494 e. The standard InChI is InChI=1S/C16H23FO4/c1-5-6-7-12(15(18)21-4)16(2,19)11-8-9-14(20-3)13(17)10-11/h8-10,12,19H,5-7H2,1-4H3. The third-order valence-electron chi connectivity index (χ3n) is 3.75. The molecule has 118 valence electrons. The smallest absolute Gasteiger partial charge is 0.311 e. The van der Waals surface area contributed by atoms with Gasteiger partial charge in [0.15, 0.2) is 11.6 Å². The average Bonchev–Trinajstić information content (AvgIpc) is 2.46. The normalized spacial score (nSPS) is 15.1. The van der Waals surface area contributed by atoms with Crippen molar-refractivity contribution in [1.82, 2.24) is 0 Å². The van der Waals surface area contributed by atoms with Gasteiger partial charge in [0.25, 0.3) is 0 Å². The Hall–Kier alpha value is -1.62. The van der Waals surface area contributed by atoms with Crippen molar-refractivity contribution in [1.29, 1.82) is 0 Å². The minimum atomic E-state index is -1.50. The highest BCUT2D eigenvalue weighted by molar-refractivity contribution is 5.74. The van der Waals surface area contributed by atoms with E-state index in [1.54, 1.807) is 6.07 Å². The van der Waals surface area contributed by atoms with E-state index in [-0.39, 0.29) is 5.75 Å². The van der Waals surface area contributed by atoms with Gasteiger partial charge in [0.2, 0.25) is 0 Å². The predicted octanol–water partition coefficient (Wildman–Crippen LogP) is 3.02. The topological polar surface area (TPSA) is 55.8 Å². The molecule has 2 unspecified atom stereocenters. The molecule has 4 nitrogen and oxygen atoms in total. The summed E-state index contributed by atoms with van der Waals surface area (Å²) in [7, 11) is 2.65. The lowest BCUT2D eigenvalue weighted by Gasteiger charge is -2.31. The molecule has 0 bridgehead atoms. The zero-order valence-corrected chi connectivity index (χ0v) is 13.0. The minimum absolute atomic E-state index is 0.0951. The molecule has 0 saturated heterocycles. The molecule has 0 heterocycles. The molecule has 5 heteroatoms. The Morgan fingerprint density at radius 2 is 2.10 bits per heavy atom. The summed E-state index contributed by atoms with van der Waals surface area (Å²) in [4.78, 5) is 11.9.